The number of hydrogen-bond acceptors (Lipinski definition) is 3. The Balaban J connectivity index is 1.48. The number of aromatic amines is 1. The van der Waals surface area contributed by atoms with E-state index in [4.69, 9.17) is 4.74 Å². The molecule has 2 N–H and O–H groups in total. The number of aromatic nitrogens is 2. The number of halogens is 4. The van der Waals surface area contributed by atoms with Crippen molar-refractivity contribution in [1.82, 2.24) is 15.3 Å². The molecule has 0 atom stereocenters. The minimum Gasteiger partial charge on any atom is -0.497 e. The molecule has 9 heteroatoms. The molecule has 4 rings (SSSR count). The fourth-order valence-electron chi connectivity index (χ4n) is 3.40. The molecule has 0 saturated heterocycles. The van der Waals surface area contributed by atoms with Gasteiger partial charge in [0.2, 0.25) is 0 Å². The first kappa shape index (κ1) is 23.0. The van der Waals surface area contributed by atoms with Crippen molar-refractivity contribution in [3.05, 3.63) is 95.4 Å². The molecule has 0 unspecified atom stereocenters. The summed E-state index contributed by atoms with van der Waals surface area (Å²) in [5.74, 6) is -0.627. The number of alkyl halides is 3. The first-order valence-electron chi connectivity index (χ1n) is 10.2. The molecule has 0 spiro atoms. The smallest absolute Gasteiger partial charge is 0.416 e. The van der Waals surface area contributed by atoms with Gasteiger partial charge in [0, 0.05) is 23.2 Å². The summed E-state index contributed by atoms with van der Waals surface area (Å²) in [6.07, 6.45) is -3.06. The zero-order valence-corrected chi connectivity index (χ0v) is 17.9. The highest BCUT2D eigenvalue weighted by Gasteiger charge is 2.32. The number of rotatable bonds is 6. The van der Waals surface area contributed by atoms with Crippen molar-refractivity contribution in [1.29, 1.82) is 0 Å². The van der Waals surface area contributed by atoms with E-state index in [-0.39, 0.29) is 6.54 Å². The molecule has 0 aliphatic rings. The Morgan fingerprint density at radius 1 is 1.03 bits per heavy atom. The SMILES string of the molecule is COc1cccc(-c2cnc(-c3cccc(CNC(=O)c4cc(F)cc(C(F)(F)F)c4)c3)[nH]2)c1. The van der Waals surface area contributed by atoms with Crippen LogP contribution in [0.15, 0.2) is 72.9 Å². The molecule has 3 aromatic carbocycles. The monoisotopic (exact) mass is 469 g/mol. The summed E-state index contributed by atoms with van der Waals surface area (Å²) in [7, 11) is 1.59. The molecule has 1 aromatic heterocycles. The van der Waals surface area contributed by atoms with Crippen LogP contribution in [-0.2, 0) is 12.7 Å². The van der Waals surface area contributed by atoms with E-state index in [1.807, 2.05) is 30.3 Å². The zero-order valence-electron chi connectivity index (χ0n) is 17.9. The van der Waals surface area contributed by atoms with Crippen molar-refractivity contribution >= 4 is 5.91 Å². The summed E-state index contributed by atoms with van der Waals surface area (Å²) in [5, 5.41) is 2.53. The van der Waals surface area contributed by atoms with Gasteiger partial charge in [0.1, 0.15) is 17.4 Å². The highest BCUT2D eigenvalue weighted by atomic mass is 19.4. The third-order valence-corrected chi connectivity index (χ3v) is 5.10. The van der Waals surface area contributed by atoms with E-state index in [1.54, 1.807) is 31.5 Å². The maximum Gasteiger partial charge on any atom is 0.416 e. The van der Waals surface area contributed by atoms with Gasteiger partial charge in [-0.1, -0.05) is 30.3 Å². The van der Waals surface area contributed by atoms with Crippen LogP contribution in [-0.4, -0.2) is 23.0 Å². The number of amides is 1. The molecule has 1 heterocycles. The highest BCUT2D eigenvalue weighted by Crippen LogP contribution is 2.30. The Morgan fingerprint density at radius 3 is 2.56 bits per heavy atom. The van der Waals surface area contributed by atoms with Gasteiger partial charge in [-0.25, -0.2) is 9.37 Å². The molecule has 0 aliphatic heterocycles. The molecule has 1 amide bonds. The van der Waals surface area contributed by atoms with Crippen LogP contribution >= 0.6 is 0 Å². The van der Waals surface area contributed by atoms with Crippen LogP contribution < -0.4 is 10.1 Å². The third kappa shape index (κ3) is 5.25. The van der Waals surface area contributed by atoms with Crippen LogP contribution in [0.25, 0.3) is 22.6 Å². The van der Waals surface area contributed by atoms with Crippen LogP contribution in [0.5, 0.6) is 5.75 Å². The standard InChI is InChI=1S/C25H19F4N3O2/c1-34-21-7-3-5-16(11-21)22-14-30-23(32-22)17-6-2-4-15(8-17)13-31-24(33)18-9-19(25(27,28)29)12-20(26)10-18/h2-12,14H,13H2,1H3,(H,30,32)(H,31,33). The second-order valence-corrected chi connectivity index (χ2v) is 7.49. The van der Waals surface area contributed by atoms with Crippen LogP contribution in [0.1, 0.15) is 21.5 Å². The summed E-state index contributed by atoms with van der Waals surface area (Å²) >= 11 is 0. The van der Waals surface area contributed by atoms with E-state index in [0.29, 0.717) is 29.3 Å². The van der Waals surface area contributed by atoms with Gasteiger partial charge >= 0.3 is 6.18 Å². The molecule has 0 aliphatic carbocycles. The minimum absolute atomic E-state index is 0.0357. The van der Waals surface area contributed by atoms with Gasteiger partial charge in [-0.15, -0.1) is 0 Å². The number of nitrogens with one attached hydrogen (secondary N) is 2. The molecule has 0 bridgehead atoms. The second-order valence-electron chi connectivity index (χ2n) is 7.49. The Kier molecular flexibility index (Phi) is 6.36. The van der Waals surface area contributed by atoms with E-state index in [0.717, 1.165) is 22.9 Å². The lowest BCUT2D eigenvalue weighted by molar-refractivity contribution is -0.137. The van der Waals surface area contributed by atoms with Gasteiger partial charge in [0.05, 0.1) is 24.6 Å². The van der Waals surface area contributed by atoms with Crippen molar-refractivity contribution in [3.63, 3.8) is 0 Å². The molecule has 0 saturated carbocycles. The third-order valence-electron chi connectivity index (χ3n) is 5.10. The number of ether oxygens (including phenoxy) is 1. The Hall–Kier alpha value is -4.14. The number of imidazole rings is 1. The molecule has 34 heavy (non-hydrogen) atoms. The van der Waals surface area contributed by atoms with Crippen molar-refractivity contribution in [2.24, 2.45) is 0 Å². The average Bonchev–Trinajstić information content (AvgIpc) is 3.32. The number of carbonyl (C=O) groups excluding carboxylic acids is 1. The molecule has 0 fully saturated rings. The summed E-state index contributed by atoms with van der Waals surface area (Å²) < 4.78 is 57.5. The molecule has 174 valence electrons. The van der Waals surface area contributed by atoms with Gasteiger partial charge < -0.3 is 15.0 Å². The molecular weight excluding hydrogens is 450 g/mol. The van der Waals surface area contributed by atoms with Crippen LogP contribution in [0.2, 0.25) is 0 Å². The zero-order chi connectivity index (χ0) is 24.3. The van der Waals surface area contributed by atoms with E-state index in [9.17, 15) is 22.4 Å². The van der Waals surface area contributed by atoms with Crippen LogP contribution in [0, 0.1) is 5.82 Å². The summed E-state index contributed by atoms with van der Waals surface area (Å²) in [6.45, 7) is 0.0357. The Bertz CT molecular complexity index is 1330. The normalized spacial score (nSPS) is 11.3. The maximum absolute atomic E-state index is 13.6. The maximum atomic E-state index is 13.6. The molecule has 4 aromatic rings. The number of benzene rings is 3. The number of carbonyl (C=O) groups is 1. The lowest BCUT2D eigenvalue weighted by atomic mass is 10.1. The average molecular weight is 469 g/mol. The second kappa shape index (κ2) is 9.38. The van der Waals surface area contributed by atoms with Gasteiger partial charge in [-0.05, 0) is 42.0 Å². The van der Waals surface area contributed by atoms with E-state index >= 15 is 0 Å². The predicted octanol–water partition coefficient (Wildman–Crippen LogP) is 5.84. The van der Waals surface area contributed by atoms with Gasteiger partial charge in [0.15, 0.2) is 0 Å². The number of H-pyrrole nitrogens is 1. The Morgan fingerprint density at radius 2 is 1.79 bits per heavy atom. The van der Waals surface area contributed by atoms with Gasteiger partial charge in [-0.2, -0.15) is 13.2 Å². The van der Waals surface area contributed by atoms with Crippen molar-refractivity contribution in [2.75, 3.05) is 7.11 Å². The van der Waals surface area contributed by atoms with Crippen molar-refractivity contribution in [3.8, 4) is 28.4 Å². The first-order chi connectivity index (χ1) is 16.2. The summed E-state index contributed by atoms with van der Waals surface area (Å²) in [4.78, 5) is 20.0. The minimum atomic E-state index is -4.75. The molecule has 0 radical (unpaired) electrons. The quantitative estimate of drug-likeness (QED) is 0.349. The lowest BCUT2D eigenvalue weighted by Gasteiger charge is -2.10. The lowest BCUT2D eigenvalue weighted by Crippen LogP contribution is -2.23. The predicted molar refractivity (Wildman–Crippen MR) is 119 cm³/mol. The topological polar surface area (TPSA) is 67.0 Å². The van der Waals surface area contributed by atoms with Crippen molar-refractivity contribution < 1.29 is 27.1 Å². The van der Waals surface area contributed by atoms with Crippen LogP contribution in [0.3, 0.4) is 0 Å². The fourth-order valence-corrected chi connectivity index (χ4v) is 3.40. The van der Waals surface area contributed by atoms with Gasteiger partial charge in [0.25, 0.3) is 5.91 Å². The Labute approximate surface area is 192 Å². The first-order valence-corrected chi connectivity index (χ1v) is 10.2. The number of hydrogen-bond donors (Lipinski definition) is 2. The van der Waals surface area contributed by atoms with E-state index in [1.165, 1.54) is 0 Å². The largest absolute Gasteiger partial charge is 0.497 e. The highest BCUT2D eigenvalue weighted by molar-refractivity contribution is 5.94. The van der Waals surface area contributed by atoms with Crippen LogP contribution in [0.4, 0.5) is 17.6 Å². The van der Waals surface area contributed by atoms with E-state index in [2.05, 4.69) is 15.3 Å². The fraction of sp³-hybridized carbons (Fsp3) is 0.120. The summed E-state index contributed by atoms with van der Waals surface area (Å²) in [5.41, 5.74) is 1.51. The van der Waals surface area contributed by atoms with Gasteiger partial charge in [-0.3, -0.25) is 4.79 Å². The van der Waals surface area contributed by atoms with Crippen molar-refractivity contribution in [2.45, 2.75) is 12.7 Å². The summed E-state index contributed by atoms with van der Waals surface area (Å²) in [6, 6.07) is 16.4. The number of methoxy groups -OCH3 is 1. The molecule has 5 nitrogen and oxygen atoms in total. The molecular formula is C25H19F4N3O2. The number of nitrogens with zero attached hydrogens (tertiary/aromatic N) is 1. The van der Waals surface area contributed by atoms with E-state index < -0.39 is 29.0 Å².